The first-order chi connectivity index (χ1) is 11.3. The van der Waals surface area contributed by atoms with Gasteiger partial charge in [0.05, 0.1) is 12.8 Å². The number of amides is 1. The molecule has 0 aliphatic carbocycles. The van der Waals surface area contributed by atoms with E-state index >= 15 is 0 Å². The van der Waals surface area contributed by atoms with Gasteiger partial charge in [-0.15, -0.1) is 0 Å². The smallest absolute Gasteiger partial charge is 0.256 e. The minimum Gasteiger partial charge on any atom is -0.496 e. The highest BCUT2D eigenvalue weighted by Gasteiger charge is 2.29. The van der Waals surface area contributed by atoms with E-state index in [4.69, 9.17) is 4.74 Å². The molecule has 1 amide bonds. The molecule has 0 aromatic heterocycles. The quantitative estimate of drug-likeness (QED) is 0.601. The lowest BCUT2D eigenvalue weighted by Gasteiger charge is -2.11. The average molecular weight is 451 g/mol. The number of ether oxygens (including phenoxy) is 1. The number of hydrogen-bond donors (Lipinski definition) is 1. The molecule has 1 aliphatic heterocycles. The summed E-state index contributed by atoms with van der Waals surface area (Å²) in [5.74, 6) is 0.799. The first kappa shape index (κ1) is 17.2. The van der Waals surface area contributed by atoms with E-state index in [1.54, 1.807) is 7.11 Å². The summed E-state index contributed by atoms with van der Waals surface area (Å²) in [6.07, 6.45) is 1.94. The normalized spacial score (nSPS) is 14.8. The maximum absolute atomic E-state index is 12.5. The summed E-state index contributed by atoms with van der Waals surface area (Å²) in [4.78, 5) is 12.5. The van der Waals surface area contributed by atoms with Gasteiger partial charge in [0.25, 0.3) is 5.91 Å². The molecule has 0 atom stereocenters. The van der Waals surface area contributed by atoms with Crippen molar-refractivity contribution in [1.29, 1.82) is 0 Å². The van der Waals surface area contributed by atoms with Crippen LogP contribution in [0.5, 0.6) is 5.75 Å². The Morgan fingerprint density at radius 3 is 2.25 bits per heavy atom. The molecule has 0 saturated heterocycles. The zero-order chi connectivity index (χ0) is 17.6. The van der Waals surface area contributed by atoms with E-state index in [-0.39, 0.29) is 5.91 Å². The number of aryl methyl sites for hydroxylation is 2. The molecular weight excluding hydrogens is 434 g/mol. The Balaban J connectivity index is 2.19. The maximum Gasteiger partial charge on any atom is 0.256 e. The van der Waals surface area contributed by atoms with Crippen LogP contribution in [0.2, 0.25) is 0 Å². The van der Waals surface area contributed by atoms with Crippen LogP contribution in [0.4, 0.5) is 5.69 Å². The second-order valence-electron chi connectivity index (χ2n) is 5.92. The van der Waals surface area contributed by atoms with Gasteiger partial charge in [-0.3, -0.25) is 4.79 Å². The molecule has 1 aliphatic rings. The summed E-state index contributed by atoms with van der Waals surface area (Å²) in [5, 5.41) is 2.96. The molecule has 1 heterocycles. The van der Waals surface area contributed by atoms with Crippen molar-refractivity contribution in [2.24, 2.45) is 0 Å². The van der Waals surface area contributed by atoms with Gasteiger partial charge < -0.3 is 10.1 Å². The molecule has 0 unspecified atom stereocenters. The Kier molecular flexibility index (Phi) is 4.58. The standard InChI is InChI=1S/C19H17Br2NO2/c1-9-5-12(6-10(2)18(9)24-4)7-13-16-11(3)14(20)8-15(21)17(16)22-19(13)23/h5-8H,1-4H3,(H,22,23). The predicted octanol–water partition coefficient (Wildman–Crippen LogP) is 5.64. The van der Waals surface area contributed by atoms with Gasteiger partial charge in [0.15, 0.2) is 0 Å². The Morgan fingerprint density at radius 2 is 1.67 bits per heavy atom. The Labute approximate surface area is 158 Å². The van der Waals surface area contributed by atoms with Crippen LogP contribution >= 0.6 is 31.9 Å². The van der Waals surface area contributed by atoms with Crippen LogP contribution in [0.1, 0.15) is 27.8 Å². The van der Waals surface area contributed by atoms with Gasteiger partial charge in [0, 0.05) is 20.1 Å². The maximum atomic E-state index is 12.5. The molecule has 124 valence electrons. The molecule has 3 rings (SSSR count). The van der Waals surface area contributed by atoms with E-state index in [1.807, 2.05) is 45.0 Å². The fourth-order valence-electron chi connectivity index (χ4n) is 3.16. The van der Waals surface area contributed by atoms with Crippen LogP contribution in [0.15, 0.2) is 27.1 Å². The summed E-state index contributed by atoms with van der Waals surface area (Å²) in [6, 6.07) is 6.03. The molecule has 0 bridgehead atoms. The molecule has 2 aromatic rings. The molecule has 0 saturated carbocycles. The summed E-state index contributed by atoms with van der Waals surface area (Å²) in [5.41, 5.74) is 6.57. The van der Waals surface area contributed by atoms with Gasteiger partial charge >= 0.3 is 0 Å². The van der Waals surface area contributed by atoms with Gasteiger partial charge in [0.2, 0.25) is 0 Å². The van der Waals surface area contributed by atoms with Crippen LogP contribution < -0.4 is 10.1 Å². The lowest BCUT2D eigenvalue weighted by atomic mass is 9.98. The van der Waals surface area contributed by atoms with Crippen LogP contribution in [-0.4, -0.2) is 13.0 Å². The SMILES string of the molecule is COc1c(C)cc(C=C2C(=O)Nc3c(Br)cc(Br)c(C)c32)cc1C. The van der Waals surface area contributed by atoms with Gasteiger partial charge in [-0.1, -0.05) is 15.9 Å². The molecule has 5 heteroatoms. The topological polar surface area (TPSA) is 38.3 Å². The van der Waals surface area contributed by atoms with E-state index < -0.39 is 0 Å². The van der Waals surface area contributed by atoms with E-state index in [2.05, 4.69) is 37.2 Å². The Bertz CT molecular complexity index is 878. The molecule has 2 aromatic carbocycles. The number of carbonyl (C=O) groups is 1. The monoisotopic (exact) mass is 449 g/mol. The van der Waals surface area contributed by atoms with Crippen LogP contribution in [0.3, 0.4) is 0 Å². The zero-order valence-electron chi connectivity index (χ0n) is 13.9. The summed E-state index contributed by atoms with van der Waals surface area (Å²) >= 11 is 7.09. The third-order valence-electron chi connectivity index (χ3n) is 4.23. The number of fused-ring (bicyclic) bond motifs is 1. The average Bonchev–Trinajstić information content (AvgIpc) is 2.82. The molecule has 0 spiro atoms. The highest BCUT2D eigenvalue weighted by atomic mass is 79.9. The lowest BCUT2D eigenvalue weighted by Crippen LogP contribution is -2.04. The predicted molar refractivity (Wildman–Crippen MR) is 106 cm³/mol. The van der Waals surface area contributed by atoms with Crippen molar-refractivity contribution in [3.05, 3.63) is 55.0 Å². The van der Waals surface area contributed by atoms with E-state index in [0.717, 1.165) is 48.2 Å². The fourth-order valence-corrected chi connectivity index (χ4v) is 4.43. The molecule has 3 nitrogen and oxygen atoms in total. The third kappa shape index (κ3) is 2.80. The molecule has 24 heavy (non-hydrogen) atoms. The Morgan fingerprint density at radius 1 is 1.04 bits per heavy atom. The molecule has 1 N–H and O–H groups in total. The lowest BCUT2D eigenvalue weighted by molar-refractivity contribution is -0.110. The zero-order valence-corrected chi connectivity index (χ0v) is 17.1. The second kappa shape index (κ2) is 6.37. The number of halogens is 2. The van der Waals surface area contributed by atoms with Crippen LogP contribution in [0, 0.1) is 20.8 Å². The molecule has 0 radical (unpaired) electrons. The van der Waals surface area contributed by atoms with E-state index in [0.29, 0.717) is 5.57 Å². The largest absolute Gasteiger partial charge is 0.496 e. The number of benzene rings is 2. The molecule has 0 fully saturated rings. The van der Waals surface area contributed by atoms with Crippen LogP contribution in [-0.2, 0) is 4.79 Å². The van der Waals surface area contributed by atoms with E-state index in [9.17, 15) is 4.79 Å². The van der Waals surface area contributed by atoms with E-state index in [1.165, 1.54) is 0 Å². The Hall–Kier alpha value is -1.59. The number of methoxy groups -OCH3 is 1. The highest BCUT2D eigenvalue weighted by Crippen LogP contribution is 2.43. The summed E-state index contributed by atoms with van der Waals surface area (Å²) < 4.78 is 7.26. The summed E-state index contributed by atoms with van der Waals surface area (Å²) in [6.45, 7) is 6.03. The number of anilines is 1. The van der Waals surface area contributed by atoms with Crippen molar-refractivity contribution in [3.8, 4) is 5.75 Å². The van der Waals surface area contributed by atoms with Crippen molar-refractivity contribution in [2.75, 3.05) is 12.4 Å². The van der Waals surface area contributed by atoms with Crippen molar-refractivity contribution < 1.29 is 9.53 Å². The summed E-state index contributed by atoms with van der Waals surface area (Å²) in [7, 11) is 1.67. The number of hydrogen-bond acceptors (Lipinski definition) is 2. The highest BCUT2D eigenvalue weighted by molar-refractivity contribution is 9.11. The number of nitrogens with one attached hydrogen (secondary N) is 1. The first-order valence-electron chi connectivity index (χ1n) is 7.50. The van der Waals surface area contributed by atoms with Crippen molar-refractivity contribution >= 4 is 55.1 Å². The van der Waals surface area contributed by atoms with Crippen molar-refractivity contribution in [2.45, 2.75) is 20.8 Å². The minimum atomic E-state index is -0.0852. The number of rotatable bonds is 2. The first-order valence-corrected chi connectivity index (χ1v) is 9.09. The minimum absolute atomic E-state index is 0.0852. The van der Waals surface area contributed by atoms with Gasteiger partial charge in [-0.25, -0.2) is 0 Å². The van der Waals surface area contributed by atoms with Gasteiger partial charge in [-0.2, -0.15) is 0 Å². The second-order valence-corrected chi connectivity index (χ2v) is 7.62. The fraction of sp³-hybridized carbons (Fsp3) is 0.211. The third-order valence-corrected chi connectivity index (χ3v) is 5.67. The number of carbonyl (C=O) groups excluding carboxylic acids is 1. The van der Waals surface area contributed by atoms with Crippen molar-refractivity contribution in [1.82, 2.24) is 0 Å². The van der Waals surface area contributed by atoms with Gasteiger partial charge in [0.1, 0.15) is 5.75 Å². The van der Waals surface area contributed by atoms with Crippen molar-refractivity contribution in [3.63, 3.8) is 0 Å². The van der Waals surface area contributed by atoms with Crippen LogP contribution in [0.25, 0.3) is 11.6 Å². The molecular formula is C19H17Br2NO2. The van der Waals surface area contributed by atoms with Gasteiger partial charge in [-0.05, 0) is 83.2 Å².